The lowest BCUT2D eigenvalue weighted by molar-refractivity contribution is 0.252. The van der Waals surface area contributed by atoms with Gasteiger partial charge in [0.25, 0.3) is 0 Å². The Balaban J connectivity index is 2.40. The van der Waals surface area contributed by atoms with Crippen molar-refractivity contribution in [2.45, 2.75) is 6.42 Å². The van der Waals surface area contributed by atoms with Gasteiger partial charge in [0, 0.05) is 17.9 Å². The zero-order valence-electron chi connectivity index (χ0n) is 7.13. The van der Waals surface area contributed by atoms with Gasteiger partial charge >= 0.3 is 6.03 Å². The van der Waals surface area contributed by atoms with Crippen molar-refractivity contribution in [2.75, 3.05) is 17.6 Å². The molecule has 4 N–H and O–H groups in total. The Hall–Kier alpha value is -1.71. The van der Waals surface area contributed by atoms with Crippen LogP contribution < -0.4 is 16.4 Å². The van der Waals surface area contributed by atoms with E-state index in [1.165, 1.54) is 0 Å². The highest BCUT2D eigenvalue weighted by Crippen LogP contribution is 2.20. The quantitative estimate of drug-likeness (QED) is 0.516. The van der Waals surface area contributed by atoms with E-state index in [0.717, 1.165) is 23.4 Å². The Morgan fingerprint density at radius 1 is 1.38 bits per heavy atom. The second-order valence-corrected chi connectivity index (χ2v) is 3.05. The Bertz CT molecular complexity index is 349. The smallest absolute Gasteiger partial charge is 0.319 e. The van der Waals surface area contributed by atoms with Crippen molar-refractivity contribution in [3.8, 4) is 0 Å². The van der Waals surface area contributed by atoms with Crippen LogP contribution in [0.15, 0.2) is 18.2 Å². The maximum absolute atomic E-state index is 11.1. The molecule has 4 nitrogen and oxygen atoms in total. The van der Waals surface area contributed by atoms with Crippen LogP contribution in [0, 0.1) is 0 Å². The standard InChI is InChI=1S/C9H11N3O/c10-7-1-2-8-6(5-7)3-4-11-9(13)12-8/h1-2,5H,3-4,10H2,(H2,11,12,13). The third-order valence-electron chi connectivity index (χ3n) is 2.06. The highest BCUT2D eigenvalue weighted by molar-refractivity contribution is 5.91. The lowest BCUT2D eigenvalue weighted by Crippen LogP contribution is -2.27. The van der Waals surface area contributed by atoms with Gasteiger partial charge in [-0.2, -0.15) is 0 Å². The molecular weight excluding hydrogens is 166 g/mol. The van der Waals surface area contributed by atoms with Crippen molar-refractivity contribution in [3.63, 3.8) is 0 Å². The van der Waals surface area contributed by atoms with Crippen LogP contribution in [-0.2, 0) is 6.42 Å². The first-order chi connectivity index (χ1) is 6.25. The highest BCUT2D eigenvalue weighted by atomic mass is 16.2. The molecule has 0 aliphatic carbocycles. The normalized spacial score (nSPS) is 15.2. The van der Waals surface area contributed by atoms with Crippen LogP contribution >= 0.6 is 0 Å². The molecule has 0 saturated heterocycles. The minimum Gasteiger partial charge on any atom is -0.399 e. The maximum Gasteiger partial charge on any atom is 0.319 e. The van der Waals surface area contributed by atoms with Crippen LogP contribution in [0.2, 0.25) is 0 Å². The van der Waals surface area contributed by atoms with E-state index in [1.807, 2.05) is 12.1 Å². The average molecular weight is 177 g/mol. The third kappa shape index (κ3) is 1.56. The molecule has 0 atom stereocenters. The number of nitrogens with two attached hydrogens (primary N) is 1. The number of carbonyl (C=O) groups excluding carboxylic acids is 1. The van der Waals surface area contributed by atoms with Gasteiger partial charge < -0.3 is 16.4 Å². The second-order valence-electron chi connectivity index (χ2n) is 3.05. The fourth-order valence-electron chi connectivity index (χ4n) is 1.42. The number of nitrogen functional groups attached to an aromatic ring is 1. The van der Waals surface area contributed by atoms with Crippen LogP contribution in [0.1, 0.15) is 5.56 Å². The summed E-state index contributed by atoms with van der Waals surface area (Å²) >= 11 is 0. The lowest BCUT2D eigenvalue weighted by atomic mass is 10.1. The monoisotopic (exact) mass is 177 g/mol. The third-order valence-corrected chi connectivity index (χ3v) is 2.06. The van der Waals surface area contributed by atoms with Crippen LogP contribution in [0.3, 0.4) is 0 Å². The van der Waals surface area contributed by atoms with E-state index in [9.17, 15) is 4.79 Å². The van der Waals surface area contributed by atoms with E-state index in [4.69, 9.17) is 5.73 Å². The molecule has 68 valence electrons. The SMILES string of the molecule is Nc1ccc2c(c1)CCNC(=O)N2. The summed E-state index contributed by atoms with van der Waals surface area (Å²) in [7, 11) is 0. The first-order valence-electron chi connectivity index (χ1n) is 4.19. The summed E-state index contributed by atoms with van der Waals surface area (Å²) in [6, 6.07) is 5.35. The molecule has 0 spiro atoms. The van der Waals surface area contributed by atoms with Crippen molar-refractivity contribution >= 4 is 17.4 Å². The van der Waals surface area contributed by atoms with E-state index in [2.05, 4.69) is 10.6 Å². The van der Waals surface area contributed by atoms with Gasteiger partial charge in [-0.1, -0.05) is 0 Å². The van der Waals surface area contributed by atoms with Crippen molar-refractivity contribution in [1.29, 1.82) is 0 Å². The van der Waals surface area contributed by atoms with Gasteiger partial charge in [-0.15, -0.1) is 0 Å². The Labute approximate surface area is 76.1 Å². The molecule has 0 unspecified atom stereocenters. The number of fused-ring (bicyclic) bond motifs is 1. The van der Waals surface area contributed by atoms with Gasteiger partial charge in [-0.3, -0.25) is 0 Å². The number of urea groups is 1. The highest BCUT2D eigenvalue weighted by Gasteiger charge is 2.10. The minimum atomic E-state index is -0.150. The van der Waals surface area contributed by atoms with Crippen LogP contribution in [0.5, 0.6) is 0 Å². The van der Waals surface area contributed by atoms with Crippen molar-refractivity contribution in [3.05, 3.63) is 23.8 Å². The van der Waals surface area contributed by atoms with Crippen molar-refractivity contribution < 1.29 is 4.79 Å². The molecule has 0 aromatic heterocycles. The number of amides is 2. The molecule has 1 aromatic carbocycles. The molecule has 4 heteroatoms. The fourth-order valence-corrected chi connectivity index (χ4v) is 1.42. The van der Waals surface area contributed by atoms with Crippen molar-refractivity contribution in [2.24, 2.45) is 0 Å². The molecule has 13 heavy (non-hydrogen) atoms. The fraction of sp³-hybridized carbons (Fsp3) is 0.222. The predicted octanol–water partition coefficient (Wildman–Crippen LogP) is 0.946. The van der Waals surface area contributed by atoms with Gasteiger partial charge in [-0.05, 0) is 30.2 Å². The van der Waals surface area contributed by atoms with E-state index >= 15 is 0 Å². The van der Waals surface area contributed by atoms with E-state index in [1.54, 1.807) is 6.07 Å². The van der Waals surface area contributed by atoms with E-state index in [-0.39, 0.29) is 6.03 Å². The molecule has 0 fully saturated rings. The molecule has 1 aliphatic rings. The first-order valence-corrected chi connectivity index (χ1v) is 4.19. The molecule has 0 saturated carbocycles. The van der Waals surface area contributed by atoms with E-state index < -0.39 is 0 Å². The maximum atomic E-state index is 11.1. The van der Waals surface area contributed by atoms with Gasteiger partial charge in [0.2, 0.25) is 0 Å². The summed E-state index contributed by atoms with van der Waals surface area (Å²) in [4.78, 5) is 11.1. The minimum absolute atomic E-state index is 0.150. The summed E-state index contributed by atoms with van der Waals surface area (Å²) in [5.74, 6) is 0. The Kier molecular flexibility index (Phi) is 1.81. The summed E-state index contributed by atoms with van der Waals surface area (Å²) < 4.78 is 0. The van der Waals surface area contributed by atoms with Crippen LogP contribution in [-0.4, -0.2) is 12.6 Å². The molecule has 2 rings (SSSR count). The van der Waals surface area contributed by atoms with Gasteiger partial charge in [-0.25, -0.2) is 4.79 Å². The average Bonchev–Trinajstić information content (AvgIpc) is 2.25. The molecule has 1 aromatic rings. The summed E-state index contributed by atoms with van der Waals surface area (Å²) in [6.07, 6.45) is 0.819. The molecule has 1 aliphatic heterocycles. The molecule has 1 heterocycles. The number of nitrogens with one attached hydrogen (secondary N) is 2. The first kappa shape index (κ1) is 7.91. The van der Waals surface area contributed by atoms with Gasteiger partial charge in [0.15, 0.2) is 0 Å². The summed E-state index contributed by atoms with van der Waals surface area (Å²) in [5.41, 5.74) is 8.30. The van der Waals surface area contributed by atoms with Crippen molar-refractivity contribution in [1.82, 2.24) is 5.32 Å². The number of hydrogen-bond acceptors (Lipinski definition) is 2. The predicted molar refractivity (Wildman–Crippen MR) is 51.6 cm³/mol. The second kappa shape index (κ2) is 2.97. The molecular formula is C9H11N3O. The zero-order chi connectivity index (χ0) is 9.26. The Morgan fingerprint density at radius 3 is 3.08 bits per heavy atom. The summed E-state index contributed by atoms with van der Waals surface area (Å²) in [5, 5.41) is 5.46. The van der Waals surface area contributed by atoms with Gasteiger partial charge in [0.05, 0.1) is 0 Å². The van der Waals surface area contributed by atoms with Crippen LogP contribution in [0.4, 0.5) is 16.2 Å². The lowest BCUT2D eigenvalue weighted by Gasteiger charge is -2.05. The number of anilines is 2. The van der Waals surface area contributed by atoms with E-state index in [0.29, 0.717) is 6.54 Å². The molecule has 2 amide bonds. The molecule has 0 bridgehead atoms. The molecule has 0 radical (unpaired) electrons. The largest absolute Gasteiger partial charge is 0.399 e. The number of carbonyl (C=O) groups is 1. The Morgan fingerprint density at radius 2 is 2.23 bits per heavy atom. The van der Waals surface area contributed by atoms with Crippen LogP contribution in [0.25, 0.3) is 0 Å². The number of benzene rings is 1. The summed E-state index contributed by atoms with van der Waals surface area (Å²) in [6.45, 7) is 0.655. The topological polar surface area (TPSA) is 67.1 Å². The number of hydrogen-bond donors (Lipinski definition) is 3. The zero-order valence-corrected chi connectivity index (χ0v) is 7.13. The van der Waals surface area contributed by atoms with Gasteiger partial charge in [0.1, 0.15) is 0 Å². The number of rotatable bonds is 0.